The number of fused-ring (bicyclic) bond motifs is 1. The molecule has 2 aromatic carbocycles. The lowest BCUT2D eigenvalue weighted by Crippen LogP contribution is -2.33. The highest BCUT2D eigenvalue weighted by atomic mass is 32.1. The van der Waals surface area contributed by atoms with Crippen molar-refractivity contribution < 1.29 is 36.2 Å². The summed E-state index contributed by atoms with van der Waals surface area (Å²) in [4.78, 5) is 8.65. The van der Waals surface area contributed by atoms with Gasteiger partial charge in [-0.25, -0.2) is 0 Å². The van der Waals surface area contributed by atoms with Crippen LogP contribution in [-0.2, 0) is 23.5 Å². The molecule has 1 fully saturated rings. The average Bonchev–Trinajstić information content (AvgIpc) is 3.64. The molecule has 0 spiro atoms. The number of thiazole rings is 1. The molecule has 0 radical (unpaired) electrons. The number of nitrogens with zero attached hydrogens (tertiary/aromatic N) is 5. The topological polar surface area (TPSA) is 73.5 Å². The van der Waals surface area contributed by atoms with Gasteiger partial charge in [0.2, 0.25) is 5.88 Å². The van der Waals surface area contributed by atoms with Crippen molar-refractivity contribution in [2.75, 3.05) is 39.3 Å². The number of benzene rings is 2. The molecule has 2 unspecified atom stereocenters. The predicted molar refractivity (Wildman–Crippen MR) is 146 cm³/mol. The van der Waals surface area contributed by atoms with Gasteiger partial charge in [0.1, 0.15) is 0 Å². The van der Waals surface area contributed by atoms with Gasteiger partial charge in [0.25, 0.3) is 0 Å². The summed E-state index contributed by atoms with van der Waals surface area (Å²) in [6.07, 6.45) is -8.13. The third kappa shape index (κ3) is 6.01. The molecule has 224 valence electrons. The zero-order chi connectivity index (χ0) is 30.4. The van der Waals surface area contributed by atoms with Gasteiger partial charge in [-0.2, -0.15) is 41.5 Å². The van der Waals surface area contributed by atoms with Crippen molar-refractivity contribution in [3.05, 3.63) is 74.1 Å². The molecule has 0 aliphatic carbocycles. The first kappa shape index (κ1) is 30.0. The van der Waals surface area contributed by atoms with Crippen LogP contribution < -0.4 is 15.5 Å². The Bertz CT molecular complexity index is 1630. The molecule has 42 heavy (non-hydrogen) atoms. The van der Waals surface area contributed by atoms with E-state index in [9.17, 15) is 31.4 Å². The van der Waals surface area contributed by atoms with Crippen LogP contribution in [0, 0.1) is 0 Å². The number of aromatic hydroxyl groups is 1. The molecule has 1 aromatic heterocycles. The van der Waals surface area contributed by atoms with Crippen LogP contribution in [0.3, 0.4) is 0 Å². The summed E-state index contributed by atoms with van der Waals surface area (Å²) < 4.78 is 87.4. The van der Waals surface area contributed by atoms with Crippen molar-refractivity contribution in [1.29, 1.82) is 0 Å². The third-order valence-electron chi connectivity index (χ3n) is 7.59. The fourth-order valence-corrected chi connectivity index (χ4v) is 6.35. The van der Waals surface area contributed by atoms with Crippen LogP contribution in [0.25, 0.3) is 5.57 Å². The van der Waals surface area contributed by atoms with E-state index in [2.05, 4.69) is 20.1 Å². The lowest BCUT2D eigenvalue weighted by atomic mass is 9.94. The number of likely N-dealkylation sites (N-methyl/N-ethyl adjacent to an activating group) is 2. The Balaban J connectivity index is 1.60. The van der Waals surface area contributed by atoms with E-state index in [1.54, 1.807) is 25.3 Å². The molecule has 2 atom stereocenters. The van der Waals surface area contributed by atoms with E-state index in [4.69, 9.17) is 4.74 Å². The molecule has 0 amide bonds. The Morgan fingerprint density at radius 3 is 2.57 bits per heavy atom. The molecule has 3 aromatic rings. The van der Waals surface area contributed by atoms with Gasteiger partial charge in [-0.3, -0.25) is 4.90 Å². The number of alkyl halides is 6. The zero-order valence-corrected chi connectivity index (χ0v) is 23.6. The highest BCUT2D eigenvalue weighted by Gasteiger charge is 2.39. The molecule has 5 rings (SSSR count). The largest absolute Gasteiger partial charge is 0.492 e. The van der Waals surface area contributed by atoms with Gasteiger partial charge in [-0.05, 0) is 54.1 Å². The Morgan fingerprint density at radius 2 is 1.88 bits per heavy atom. The van der Waals surface area contributed by atoms with E-state index >= 15 is 0 Å². The van der Waals surface area contributed by atoms with Gasteiger partial charge >= 0.3 is 12.4 Å². The summed E-state index contributed by atoms with van der Waals surface area (Å²) in [7, 11) is 5.45. The maximum Gasteiger partial charge on any atom is 0.416 e. The fourth-order valence-electron chi connectivity index (χ4n) is 5.29. The molecule has 7 nitrogen and oxygen atoms in total. The molecule has 0 bridgehead atoms. The maximum atomic E-state index is 14.0. The van der Waals surface area contributed by atoms with Gasteiger partial charge in [0.15, 0.2) is 5.13 Å². The molecule has 2 aliphatic heterocycles. The lowest BCUT2D eigenvalue weighted by Gasteiger charge is -2.23. The number of aromatic nitrogens is 1. The molecule has 0 saturated carbocycles. The first-order chi connectivity index (χ1) is 19.8. The van der Waals surface area contributed by atoms with Gasteiger partial charge in [-0.15, -0.1) is 0 Å². The summed E-state index contributed by atoms with van der Waals surface area (Å²) in [5.41, 5.74) is -2.26. The highest BCUT2D eigenvalue weighted by molar-refractivity contribution is 7.17. The maximum absolute atomic E-state index is 14.0. The quantitative estimate of drug-likeness (QED) is 0.400. The summed E-state index contributed by atoms with van der Waals surface area (Å²) in [5.74, 6) is -0.379. The standard InChI is InChI=1S/C28H27F6N5O2S/c1-38-13-19(11-20(38)14-41-3)39(2)26-36-25(40)24(42-26)21(15-5-7-23-17(8-15)12-35-37-23)9-16-4-6-18(27(29,30)31)10-22(16)28(32,33)34/h4-8,10,12,19-20,40H,9,11,13-14H2,1-3H3. The Morgan fingerprint density at radius 1 is 1.12 bits per heavy atom. The van der Waals surface area contributed by atoms with E-state index in [-0.39, 0.29) is 40.0 Å². The van der Waals surface area contributed by atoms with E-state index in [0.29, 0.717) is 40.5 Å². The van der Waals surface area contributed by atoms with E-state index in [0.717, 1.165) is 23.8 Å². The minimum Gasteiger partial charge on any atom is -0.492 e. The number of halogens is 6. The average molecular weight is 612 g/mol. The minimum atomic E-state index is -5.04. The second-order valence-corrected chi connectivity index (χ2v) is 11.3. The van der Waals surface area contributed by atoms with E-state index in [1.165, 1.54) is 6.21 Å². The van der Waals surface area contributed by atoms with Gasteiger partial charge < -0.3 is 14.7 Å². The smallest absolute Gasteiger partial charge is 0.416 e. The number of hydrogen-bond acceptors (Lipinski definition) is 8. The fraction of sp³-hybridized carbons (Fsp3) is 0.393. The number of likely N-dealkylation sites (tertiary alicyclic amines) is 1. The Labute approximate surface area is 241 Å². The van der Waals surface area contributed by atoms with Crippen molar-refractivity contribution in [2.45, 2.75) is 37.3 Å². The van der Waals surface area contributed by atoms with Crippen molar-refractivity contribution in [2.24, 2.45) is 10.2 Å². The van der Waals surface area contributed by atoms with Gasteiger partial charge in [-0.1, -0.05) is 23.5 Å². The predicted octanol–water partition coefficient (Wildman–Crippen LogP) is 4.45. The summed E-state index contributed by atoms with van der Waals surface area (Å²) in [6, 6.07) is 6.78. The summed E-state index contributed by atoms with van der Waals surface area (Å²) in [6.45, 7) is 1.26. The monoisotopic (exact) mass is 611 g/mol. The van der Waals surface area contributed by atoms with Crippen LogP contribution >= 0.6 is 11.3 Å². The molecule has 3 heterocycles. The molecule has 1 N–H and O–H groups in total. The van der Waals surface area contributed by atoms with Crippen LogP contribution in [0.1, 0.15) is 33.6 Å². The van der Waals surface area contributed by atoms with Crippen molar-refractivity contribution >= 4 is 28.3 Å². The van der Waals surface area contributed by atoms with Crippen molar-refractivity contribution in [3.8, 4) is 5.88 Å². The first-order valence-electron chi connectivity index (χ1n) is 12.9. The van der Waals surface area contributed by atoms with Gasteiger partial charge in [0.05, 0.1) is 34.2 Å². The number of anilines is 1. The number of rotatable bonds is 7. The van der Waals surface area contributed by atoms with Crippen molar-refractivity contribution in [3.63, 3.8) is 0 Å². The lowest BCUT2D eigenvalue weighted by molar-refractivity contribution is -0.143. The Hall–Kier alpha value is -3.49. The first-order valence-corrected chi connectivity index (χ1v) is 13.7. The van der Waals surface area contributed by atoms with Gasteiger partial charge in [0, 0.05) is 44.8 Å². The number of hydrogen-bond donors (Lipinski definition) is 1. The third-order valence-corrected chi connectivity index (χ3v) is 8.79. The second kappa shape index (κ2) is 11.3. The van der Waals surface area contributed by atoms with E-state index in [1.807, 2.05) is 19.0 Å². The zero-order valence-electron chi connectivity index (χ0n) is 22.8. The van der Waals surface area contributed by atoms with Crippen molar-refractivity contribution in [1.82, 2.24) is 9.88 Å². The Kier molecular flexibility index (Phi) is 8.07. The van der Waals surface area contributed by atoms with Crippen LogP contribution in [0.4, 0.5) is 31.5 Å². The van der Waals surface area contributed by atoms with E-state index < -0.39 is 29.9 Å². The van der Waals surface area contributed by atoms with Crippen LogP contribution in [0.15, 0.2) is 46.6 Å². The second-order valence-electron chi connectivity index (χ2n) is 10.3. The normalized spacial score (nSPS) is 19.6. The van der Waals surface area contributed by atoms with Crippen LogP contribution in [-0.4, -0.2) is 67.6 Å². The van der Waals surface area contributed by atoms with Crippen LogP contribution in [0.2, 0.25) is 0 Å². The minimum absolute atomic E-state index is 0.0431. The molecule has 2 aliphatic rings. The molecular weight excluding hydrogens is 584 g/mol. The highest BCUT2D eigenvalue weighted by Crippen LogP contribution is 2.41. The van der Waals surface area contributed by atoms with Crippen LogP contribution in [0.5, 0.6) is 5.88 Å². The summed E-state index contributed by atoms with van der Waals surface area (Å²) >= 11 is 1.11. The SMILES string of the molecule is COCC1CC(N(C)c2nc(O)c(C(Cc3ccc(C(F)(F)F)cc3C(F)(F)F)=c3ccc4c(c3)C=NN=4)s2)CN1C. The molecule has 1 saturated heterocycles. The number of methoxy groups -OCH3 is 1. The molecular formula is C28H27F6N5O2S. The number of ether oxygens (including phenoxy) is 1. The molecule has 14 heteroatoms. The summed E-state index contributed by atoms with van der Waals surface area (Å²) in [5, 5.41) is 20.3.